The molecule has 1 heterocycles. The van der Waals surface area contributed by atoms with Gasteiger partial charge in [-0.3, -0.25) is 0 Å². The summed E-state index contributed by atoms with van der Waals surface area (Å²) >= 11 is 3.61. The molecular formula is C16H15BrN4. The number of benzene rings is 2. The second-order valence-electron chi connectivity index (χ2n) is 4.81. The molecule has 0 saturated heterocycles. The molecule has 4 nitrogen and oxygen atoms in total. The molecule has 0 fully saturated rings. The van der Waals surface area contributed by atoms with Gasteiger partial charge in [0.2, 0.25) is 0 Å². The third-order valence-corrected chi connectivity index (χ3v) is 3.99. The SMILES string of the molecule is Cc1ccc(CNc2ccccc2-n2ccnn2)c(Br)c1. The van der Waals surface area contributed by atoms with Crippen molar-refractivity contribution in [2.45, 2.75) is 13.5 Å². The van der Waals surface area contributed by atoms with Crippen LogP contribution in [0.5, 0.6) is 0 Å². The minimum atomic E-state index is 0.743. The Bertz CT molecular complexity index is 738. The summed E-state index contributed by atoms with van der Waals surface area (Å²) in [4.78, 5) is 0. The van der Waals surface area contributed by atoms with E-state index in [4.69, 9.17) is 0 Å². The first-order chi connectivity index (χ1) is 10.2. The Morgan fingerprint density at radius 2 is 2.05 bits per heavy atom. The van der Waals surface area contributed by atoms with Crippen LogP contribution in [0.3, 0.4) is 0 Å². The number of anilines is 1. The van der Waals surface area contributed by atoms with Gasteiger partial charge in [-0.05, 0) is 36.2 Å². The molecule has 0 aliphatic carbocycles. The van der Waals surface area contributed by atoms with Crippen molar-refractivity contribution in [2.75, 3.05) is 5.32 Å². The lowest BCUT2D eigenvalue weighted by Gasteiger charge is -2.12. The van der Waals surface area contributed by atoms with Crippen molar-refractivity contribution >= 4 is 21.6 Å². The molecule has 0 aliphatic heterocycles. The Kier molecular flexibility index (Phi) is 4.01. The van der Waals surface area contributed by atoms with Crippen LogP contribution in [0, 0.1) is 6.92 Å². The average Bonchev–Trinajstić information content (AvgIpc) is 3.01. The molecule has 106 valence electrons. The molecule has 0 saturated carbocycles. The molecule has 3 aromatic rings. The quantitative estimate of drug-likeness (QED) is 0.780. The second kappa shape index (κ2) is 6.10. The first-order valence-corrected chi connectivity index (χ1v) is 7.48. The van der Waals surface area contributed by atoms with E-state index >= 15 is 0 Å². The number of hydrogen-bond acceptors (Lipinski definition) is 3. The van der Waals surface area contributed by atoms with Gasteiger partial charge >= 0.3 is 0 Å². The fourth-order valence-electron chi connectivity index (χ4n) is 2.15. The van der Waals surface area contributed by atoms with Crippen LogP contribution < -0.4 is 5.32 Å². The van der Waals surface area contributed by atoms with E-state index in [-0.39, 0.29) is 0 Å². The van der Waals surface area contributed by atoms with Gasteiger partial charge in [0.15, 0.2) is 0 Å². The van der Waals surface area contributed by atoms with Gasteiger partial charge in [0.1, 0.15) is 0 Å². The number of hydrogen-bond donors (Lipinski definition) is 1. The second-order valence-corrected chi connectivity index (χ2v) is 5.67. The molecule has 0 spiro atoms. The van der Waals surface area contributed by atoms with Crippen LogP contribution in [0.25, 0.3) is 5.69 Å². The van der Waals surface area contributed by atoms with Crippen LogP contribution in [0.15, 0.2) is 59.3 Å². The van der Waals surface area contributed by atoms with E-state index in [2.05, 4.69) is 56.7 Å². The maximum atomic E-state index is 4.05. The molecule has 21 heavy (non-hydrogen) atoms. The van der Waals surface area contributed by atoms with E-state index in [1.807, 2.05) is 30.5 Å². The van der Waals surface area contributed by atoms with Crippen LogP contribution in [0.1, 0.15) is 11.1 Å². The average molecular weight is 343 g/mol. The molecule has 0 aliphatic rings. The predicted octanol–water partition coefficient (Wildman–Crippen LogP) is 3.95. The lowest BCUT2D eigenvalue weighted by atomic mass is 10.1. The van der Waals surface area contributed by atoms with Gasteiger partial charge in [0, 0.05) is 11.0 Å². The van der Waals surface area contributed by atoms with E-state index in [0.717, 1.165) is 22.4 Å². The number of halogens is 1. The minimum absolute atomic E-state index is 0.743. The van der Waals surface area contributed by atoms with Crippen LogP contribution in [0.2, 0.25) is 0 Å². The first kappa shape index (κ1) is 13.8. The van der Waals surface area contributed by atoms with E-state index in [1.165, 1.54) is 11.1 Å². The molecule has 0 bridgehead atoms. The number of aryl methyl sites for hydroxylation is 1. The molecular weight excluding hydrogens is 328 g/mol. The van der Waals surface area contributed by atoms with Crippen molar-refractivity contribution in [1.82, 2.24) is 15.0 Å². The lowest BCUT2D eigenvalue weighted by Crippen LogP contribution is -2.05. The van der Waals surface area contributed by atoms with Gasteiger partial charge in [-0.1, -0.05) is 45.4 Å². The summed E-state index contributed by atoms with van der Waals surface area (Å²) in [6.45, 7) is 2.83. The highest BCUT2D eigenvalue weighted by molar-refractivity contribution is 9.10. The zero-order valence-corrected chi connectivity index (χ0v) is 13.2. The van der Waals surface area contributed by atoms with E-state index in [0.29, 0.717) is 0 Å². The molecule has 0 unspecified atom stereocenters. The molecule has 5 heteroatoms. The van der Waals surface area contributed by atoms with Crippen LogP contribution in [0.4, 0.5) is 5.69 Å². The van der Waals surface area contributed by atoms with Gasteiger partial charge in [0.25, 0.3) is 0 Å². The number of nitrogens with one attached hydrogen (secondary N) is 1. The first-order valence-electron chi connectivity index (χ1n) is 6.68. The summed E-state index contributed by atoms with van der Waals surface area (Å²) in [5.74, 6) is 0. The van der Waals surface area contributed by atoms with Gasteiger partial charge in [-0.25, -0.2) is 4.68 Å². The smallest absolute Gasteiger partial charge is 0.0894 e. The van der Waals surface area contributed by atoms with Crippen molar-refractivity contribution in [1.29, 1.82) is 0 Å². The molecule has 0 radical (unpaired) electrons. The highest BCUT2D eigenvalue weighted by Gasteiger charge is 2.05. The highest BCUT2D eigenvalue weighted by Crippen LogP contribution is 2.22. The number of para-hydroxylation sites is 2. The van der Waals surface area contributed by atoms with Crippen molar-refractivity contribution in [3.8, 4) is 5.69 Å². The summed E-state index contributed by atoms with van der Waals surface area (Å²) < 4.78 is 2.88. The molecule has 2 aromatic carbocycles. The zero-order chi connectivity index (χ0) is 14.7. The number of nitrogens with zero attached hydrogens (tertiary/aromatic N) is 3. The Hall–Kier alpha value is -2.14. The third kappa shape index (κ3) is 3.13. The number of aromatic nitrogens is 3. The zero-order valence-electron chi connectivity index (χ0n) is 11.6. The van der Waals surface area contributed by atoms with E-state index in [1.54, 1.807) is 10.9 Å². The monoisotopic (exact) mass is 342 g/mol. The Balaban J connectivity index is 1.83. The highest BCUT2D eigenvalue weighted by atomic mass is 79.9. The molecule has 0 atom stereocenters. The van der Waals surface area contributed by atoms with Crippen molar-refractivity contribution in [3.63, 3.8) is 0 Å². The normalized spacial score (nSPS) is 10.6. The van der Waals surface area contributed by atoms with Gasteiger partial charge in [-0.15, -0.1) is 5.10 Å². The van der Waals surface area contributed by atoms with Crippen molar-refractivity contribution in [2.24, 2.45) is 0 Å². The summed E-state index contributed by atoms with van der Waals surface area (Å²) in [7, 11) is 0. The van der Waals surface area contributed by atoms with E-state index < -0.39 is 0 Å². The van der Waals surface area contributed by atoms with Gasteiger partial charge in [-0.2, -0.15) is 0 Å². The molecule has 0 amide bonds. The van der Waals surface area contributed by atoms with Crippen LogP contribution >= 0.6 is 15.9 Å². The molecule has 1 N–H and O–H groups in total. The van der Waals surface area contributed by atoms with Crippen molar-refractivity contribution < 1.29 is 0 Å². The van der Waals surface area contributed by atoms with Crippen molar-refractivity contribution in [3.05, 3.63) is 70.5 Å². The Morgan fingerprint density at radius 3 is 2.81 bits per heavy atom. The van der Waals surface area contributed by atoms with E-state index in [9.17, 15) is 0 Å². The molecule has 3 rings (SSSR count). The standard InChI is InChI=1S/C16H15BrN4/c1-12-6-7-13(14(17)10-12)11-18-15-4-2-3-5-16(15)21-9-8-19-20-21/h2-10,18H,11H2,1H3. The molecule has 1 aromatic heterocycles. The summed E-state index contributed by atoms with van der Waals surface area (Å²) in [5.41, 5.74) is 4.47. The van der Waals surface area contributed by atoms with Gasteiger partial charge < -0.3 is 5.32 Å². The minimum Gasteiger partial charge on any atom is -0.379 e. The maximum absolute atomic E-state index is 4.05. The fraction of sp³-hybridized carbons (Fsp3) is 0.125. The summed E-state index contributed by atoms with van der Waals surface area (Å²) in [5, 5.41) is 11.4. The maximum Gasteiger partial charge on any atom is 0.0894 e. The Labute approximate surface area is 131 Å². The number of rotatable bonds is 4. The summed E-state index contributed by atoms with van der Waals surface area (Å²) in [6, 6.07) is 14.4. The largest absolute Gasteiger partial charge is 0.379 e. The topological polar surface area (TPSA) is 42.7 Å². The van der Waals surface area contributed by atoms with Gasteiger partial charge in [0.05, 0.1) is 23.8 Å². The van der Waals surface area contributed by atoms with Crippen LogP contribution in [-0.2, 0) is 6.54 Å². The van der Waals surface area contributed by atoms with Crippen LogP contribution in [-0.4, -0.2) is 15.0 Å². The Morgan fingerprint density at radius 1 is 1.19 bits per heavy atom. The predicted molar refractivity (Wildman–Crippen MR) is 87.6 cm³/mol. The lowest BCUT2D eigenvalue weighted by molar-refractivity contribution is 0.803. The third-order valence-electron chi connectivity index (χ3n) is 3.25. The fourth-order valence-corrected chi connectivity index (χ4v) is 2.78. The summed E-state index contributed by atoms with van der Waals surface area (Å²) in [6.07, 6.45) is 3.51.